The minimum atomic E-state index is -0.159. The summed E-state index contributed by atoms with van der Waals surface area (Å²) in [5, 5.41) is 3.29. The van der Waals surface area contributed by atoms with E-state index >= 15 is 0 Å². The van der Waals surface area contributed by atoms with E-state index in [2.05, 4.69) is 19.2 Å². The number of carbonyl (C=O) groups is 1. The number of benzene rings is 1. The maximum atomic E-state index is 12.5. The first kappa shape index (κ1) is 13.9. The number of hydrogen-bond acceptors (Lipinski definition) is 3. The SMILES string of the molecule is COc1cccc(N2CC(C)(C)CNC(C)C2=O)c1. The summed E-state index contributed by atoms with van der Waals surface area (Å²) in [5.41, 5.74) is 0.941. The Labute approximate surface area is 114 Å². The van der Waals surface area contributed by atoms with Crippen LogP contribution in [0.3, 0.4) is 0 Å². The van der Waals surface area contributed by atoms with Crippen molar-refractivity contribution in [2.24, 2.45) is 5.41 Å². The van der Waals surface area contributed by atoms with Crippen molar-refractivity contribution in [3.05, 3.63) is 24.3 Å². The highest BCUT2D eigenvalue weighted by molar-refractivity contribution is 5.97. The van der Waals surface area contributed by atoms with Crippen molar-refractivity contribution in [1.82, 2.24) is 5.32 Å². The Balaban J connectivity index is 2.35. The van der Waals surface area contributed by atoms with Gasteiger partial charge in [-0.2, -0.15) is 0 Å². The first-order valence-corrected chi connectivity index (χ1v) is 6.62. The summed E-state index contributed by atoms with van der Waals surface area (Å²) in [6.07, 6.45) is 0. The van der Waals surface area contributed by atoms with Crippen molar-refractivity contribution in [2.45, 2.75) is 26.8 Å². The summed E-state index contributed by atoms with van der Waals surface area (Å²) in [4.78, 5) is 14.3. The molecule has 1 aromatic rings. The molecule has 1 fully saturated rings. The third kappa shape index (κ3) is 3.07. The number of hydrogen-bond donors (Lipinski definition) is 1. The first-order valence-electron chi connectivity index (χ1n) is 6.62. The normalized spacial score (nSPS) is 23.1. The molecule has 19 heavy (non-hydrogen) atoms. The molecule has 0 saturated carbocycles. The predicted molar refractivity (Wildman–Crippen MR) is 76.6 cm³/mol. The fraction of sp³-hybridized carbons (Fsp3) is 0.533. The lowest BCUT2D eigenvalue weighted by molar-refractivity contribution is -0.119. The highest BCUT2D eigenvalue weighted by Crippen LogP contribution is 2.27. The molecule has 1 amide bonds. The van der Waals surface area contributed by atoms with Crippen LogP contribution < -0.4 is 15.0 Å². The van der Waals surface area contributed by atoms with E-state index < -0.39 is 0 Å². The maximum Gasteiger partial charge on any atom is 0.243 e. The summed E-state index contributed by atoms with van der Waals surface area (Å²) >= 11 is 0. The van der Waals surface area contributed by atoms with E-state index in [1.807, 2.05) is 36.1 Å². The quantitative estimate of drug-likeness (QED) is 0.887. The summed E-state index contributed by atoms with van der Waals surface area (Å²) in [6.45, 7) is 7.78. The molecule has 1 aliphatic heterocycles. The topological polar surface area (TPSA) is 41.6 Å². The second-order valence-electron chi connectivity index (χ2n) is 5.89. The first-order chi connectivity index (χ1) is 8.93. The Morgan fingerprint density at radius 2 is 2.16 bits per heavy atom. The van der Waals surface area contributed by atoms with Crippen LogP contribution in [0.15, 0.2) is 24.3 Å². The minimum Gasteiger partial charge on any atom is -0.497 e. The molecular weight excluding hydrogens is 240 g/mol. The van der Waals surface area contributed by atoms with E-state index in [9.17, 15) is 4.79 Å². The van der Waals surface area contributed by atoms with E-state index in [0.29, 0.717) is 6.54 Å². The Kier molecular flexibility index (Phi) is 3.80. The lowest BCUT2D eigenvalue weighted by atomic mass is 9.93. The number of rotatable bonds is 2. The second kappa shape index (κ2) is 5.21. The lowest BCUT2D eigenvalue weighted by Gasteiger charge is -2.29. The average Bonchev–Trinajstić information content (AvgIpc) is 2.50. The van der Waals surface area contributed by atoms with Crippen molar-refractivity contribution in [1.29, 1.82) is 0 Å². The molecule has 1 aliphatic rings. The van der Waals surface area contributed by atoms with E-state index in [0.717, 1.165) is 18.0 Å². The number of carbonyl (C=O) groups excluding carboxylic acids is 1. The van der Waals surface area contributed by atoms with E-state index in [1.165, 1.54) is 0 Å². The summed E-state index contributed by atoms with van der Waals surface area (Å²) in [6, 6.07) is 7.50. The Morgan fingerprint density at radius 1 is 1.42 bits per heavy atom. The van der Waals surface area contributed by atoms with Crippen molar-refractivity contribution >= 4 is 11.6 Å². The number of nitrogens with zero attached hydrogens (tertiary/aromatic N) is 1. The van der Waals surface area contributed by atoms with Crippen LogP contribution in [-0.2, 0) is 4.79 Å². The van der Waals surface area contributed by atoms with Gasteiger partial charge in [0.1, 0.15) is 5.75 Å². The van der Waals surface area contributed by atoms with Gasteiger partial charge in [-0.15, -0.1) is 0 Å². The molecule has 2 rings (SSSR count). The van der Waals surface area contributed by atoms with Gasteiger partial charge in [-0.05, 0) is 24.5 Å². The van der Waals surface area contributed by atoms with Crippen LogP contribution >= 0.6 is 0 Å². The number of amides is 1. The van der Waals surface area contributed by atoms with Crippen LogP contribution in [0, 0.1) is 5.41 Å². The molecule has 0 spiro atoms. The van der Waals surface area contributed by atoms with Gasteiger partial charge in [0.05, 0.1) is 13.2 Å². The number of ether oxygens (including phenoxy) is 1. The van der Waals surface area contributed by atoms with Gasteiger partial charge in [0.2, 0.25) is 5.91 Å². The minimum absolute atomic E-state index is 0.0451. The zero-order valence-electron chi connectivity index (χ0n) is 12.1. The van der Waals surface area contributed by atoms with Gasteiger partial charge in [-0.3, -0.25) is 4.79 Å². The summed E-state index contributed by atoms with van der Waals surface area (Å²) in [5.74, 6) is 0.881. The van der Waals surface area contributed by atoms with Crippen LogP contribution in [-0.4, -0.2) is 32.1 Å². The summed E-state index contributed by atoms with van der Waals surface area (Å²) < 4.78 is 5.24. The van der Waals surface area contributed by atoms with Crippen LogP contribution in [0.1, 0.15) is 20.8 Å². The van der Waals surface area contributed by atoms with Crippen molar-refractivity contribution < 1.29 is 9.53 Å². The molecule has 0 aromatic heterocycles. The second-order valence-corrected chi connectivity index (χ2v) is 5.89. The Hall–Kier alpha value is -1.55. The largest absolute Gasteiger partial charge is 0.497 e. The van der Waals surface area contributed by atoms with Gasteiger partial charge < -0.3 is 15.0 Å². The average molecular weight is 262 g/mol. The Bertz CT molecular complexity index is 471. The molecule has 1 aromatic carbocycles. The highest BCUT2D eigenvalue weighted by Gasteiger charge is 2.33. The molecule has 104 valence electrons. The van der Waals surface area contributed by atoms with Crippen LogP contribution in [0.5, 0.6) is 5.75 Å². The lowest BCUT2D eigenvalue weighted by Crippen LogP contribution is -2.42. The highest BCUT2D eigenvalue weighted by atomic mass is 16.5. The zero-order chi connectivity index (χ0) is 14.0. The molecule has 1 heterocycles. The predicted octanol–water partition coefficient (Wildman–Crippen LogP) is 2.05. The monoisotopic (exact) mass is 262 g/mol. The van der Waals surface area contributed by atoms with E-state index in [-0.39, 0.29) is 17.4 Å². The van der Waals surface area contributed by atoms with Gasteiger partial charge >= 0.3 is 0 Å². The van der Waals surface area contributed by atoms with Crippen molar-refractivity contribution in [3.63, 3.8) is 0 Å². The molecule has 1 atom stereocenters. The smallest absolute Gasteiger partial charge is 0.243 e. The molecule has 1 saturated heterocycles. The number of nitrogens with one attached hydrogen (secondary N) is 1. The fourth-order valence-corrected chi connectivity index (χ4v) is 2.31. The maximum absolute atomic E-state index is 12.5. The van der Waals surface area contributed by atoms with Crippen LogP contribution in [0.25, 0.3) is 0 Å². The molecular formula is C15H22N2O2. The third-order valence-corrected chi connectivity index (χ3v) is 3.47. The summed E-state index contributed by atoms with van der Waals surface area (Å²) in [7, 11) is 1.64. The number of anilines is 1. The van der Waals surface area contributed by atoms with Gasteiger partial charge in [0, 0.05) is 24.8 Å². The van der Waals surface area contributed by atoms with Crippen molar-refractivity contribution in [2.75, 3.05) is 25.1 Å². The molecule has 0 bridgehead atoms. The fourth-order valence-electron chi connectivity index (χ4n) is 2.31. The molecule has 0 radical (unpaired) electrons. The van der Waals surface area contributed by atoms with E-state index in [1.54, 1.807) is 7.11 Å². The van der Waals surface area contributed by atoms with Gasteiger partial charge in [0.25, 0.3) is 0 Å². The zero-order valence-corrected chi connectivity index (χ0v) is 12.1. The molecule has 4 heteroatoms. The van der Waals surface area contributed by atoms with Crippen molar-refractivity contribution in [3.8, 4) is 5.75 Å². The third-order valence-electron chi connectivity index (χ3n) is 3.47. The standard InChI is InChI=1S/C15H22N2O2/c1-11-14(18)17(10-15(2,3)9-16-11)12-6-5-7-13(8-12)19-4/h5-8,11,16H,9-10H2,1-4H3. The molecule has 1 N–H and O–H groups in total. The van der Waals surface area contributed by atoms with Gasteiger partial charge in [0.15, 0.2) is 0 Å². The molecule has 1 unspecified atom stereocenters. The molecule has 0 aliphatic carbocycles. The number of methoxy groups -OCH3 is 1. The van der Waals surface area contributed by atoms with Gasteiger partial charge in [-0.25, -0.2) is 0 Å². The van der Waals surface area contributed by atoms with Gasteiger partial charge in [-0.1, -0.05) is 19.9 Å². The molecule has 4 nitrogen and oxygen atoms in total. The van der Waals surface area contributed by atoms with E-state index in [4.69, 9.17) is 4.74 Å². The van der Waals surface area contributed by atoms with Crippen LogP contribution in [0.2, 0.25) is 0 Å². The van der Waals surface area contributed by atoms with Crippen LogP contribution in [0.4, 0.5) is 5.69 Å². The Morgan fingerprint density at radius 3 is 2.84 bits per heavy atom.